The standard InChI is InChI=1S/C16H12BrClN2O/c17-13-4-1-12(15(18)7-13)8-20-14-5-2-11(3-6-14)16-9-19-10-21-16/h1-7,9-10,20H,8H2. The van der Waals surface area contributed by atoms with Crippen LogP contribution in [0, 0.1) is 0 Å². The van der Waals surface area contributed by atoms with Crippen LogP contribution in [0.3, 0.4) is 0 Å². The Bertz CT molecular complexity index is 727. The highest BCUT2D eigenvalue weighted by atomic mass is 79.9. The lowest BCUT2D eigenvalue weighted by Gasteiger charge is -2.09. The molecule has 0 unspecified atom stereocenters. The highest BCUT2D eigenvalue weighted by Gasteiger charge is 2.03. The van der Waals surface area contributed by atoms with Gasteiger partial charge in [0, 0.05) is 27.3 Å². The summed E-state index contributed by atoms with van der Waals surface area (Å²) in [5.41, 5.74) is 3.08. The summed E-state index contributed by atoms with van der Waals surface area (Å²) in [6, 6.07) is 13.9. The second-order valence-electron chi connectivity index (χ2n) is 4.53. The van der Waals surface area contributed by atoms with Crippen LogP contribution in [0.5, 0.6) is 0 Å². The van der Waals surface area contributed by atoms with Gasteiger partial charge in [-0.2, -0.15) is 0 Å². The summed E-state index contributed by atoms with van der Waals surface area (Å²) in [4.78, 5) is 3.91. The summed E-state index contributed by atoms with van der Waals surface area (Å²) in [6.07, 6.45) is 3.13. The van der Waals surface area contributed by atoms with E-state index in [0.717, 1.165) is 32.1 Å². The maximum Gasteiger partial charge on any atom is 0.181 e. The van der Waals surface area contributed by atoms with E-state index in [2.05, 4.69) is 26.2 Å². The van der Waals surface area contributed by atoms with Crippen LogP contribution in [0.1, 0.15) is 5.56 Å². The van der Waals surface area contributed by atoms with Gasteiger partial charge in [0.05, 0.1) is 6.20 Å². The Labute approximate surface area is 136 Å². The Morgan fingerprint density at radius 1 is 1.14 bits per heavy atom. The fourth-order valence-corrected chi connectivity index (χ4v) is 2.71. The monoisotopic (exact) mass is 362 g/mol. The predicted molar refractivity (Wildman–Crippen MR) is 88.4 cm³/mol. The van der Waals surface area contributed by atoms with Gasteiger partial charge in [-0.25, -0.2) is 4.98 Å². The Balaban J connectivity index is 1.68. The fourth-order valence-electron chi connectivity index (χ4n) is 1.97. The minimum Gasteiger partial charge on any atom is -0.444 e. The molecule has 0 aliphatic heterocycles. The molecule has 5 heteroatoms. The van der Waals surface area contributed by atoms with Gasteiger partial charge in [0.25, 0.3) is 0 Å². The van der Waals surface area contributed by atoms with Crippen LogP contribution in [0.4, 0.5) is 5.69 Å². The molecule has 3 nitrogen and oxygen atoms in total. The molecular weight excluding hydrogens is 352 g/mol. The molecule has 0 bridgehead atoms. The van der Waals surface area contributed by atoms with Crippen molar-refractivity contribution >= 4 is 33.2 Å². The normalized spacial score (nSPS) is 10.6. The number of benzene rings is 2. The van der Waals surface area contributed by atoms with E-state index in [4.69, 9.17) is 16.0 Å². The van der Waals surface area contributed by atoms with Crippen LogP contribution in [-0.2, 0) is 6.54 Å². The van der Waals surface area contributed by atoms with E-state index in [1.807, 2.05) is 42.5 Å². The Morgan fingerprint density at radius 3 is 2.62 bits per heavy atom. The molecule has 3 rings (SSSR count). The van der Waals surface area contributed by atoms with E-state index in [0.29, 0.717) is 6.54 Å². The lowest BCUT2D eigenvalue weighted by Crippen LogP contribution is -1.99. The topological polar surface area (TPSA) is 38.1 Å². The van der Waals surface area contributed by atoms with Gasteiger partial charge in [0.15, 0.2) is 12.2 Å². The van der Waals surface area contributed by atoms with Gasteiger partial charge in [-0.05, 0) is 42.0 Å². The number of rotatable bonds is 4. The van der Waals surface area contributed by atoms with Gasteiger partial charge in [-0.1, -0.05) is 33.6 Å². The molecule has 1 N–H and O–H groups in total. The number of hydrogen-bond acceptors (Lipinski definition) is 3. The molecule has 106 valence electrons. The number of nitrogens with one attached hydrogen (secondary N) is 1. The van der Waals surface area contributed by atoms with Gasteiger partial charge < -0.3 is 9.73 Å². The van der Waals surface area contributed by atoms with E-state index in [-0.39, 0.29) is 0 Å². The number of aromatic nitrogens is 1. The zero-order chi connectivity index (χ0) is 14.7. The summed E-state index contributed by atoms with van der Waals surface area (Å²) >= 11 is 9.60. The minimum absolute atomic E-state index is 0.674. The first-order chi connectivity index (χ1) is 10.2. The average Bonchev–Trinajstić information content (AvgIpc) is 3.01. The van der Waals surface area contributed by atoms with Crippen molar-refractivity contribution in [2.75, 3.05) is 5.32 Å². The molecule has 0 spiro atoms. The summed E-state index contributed by atoms with van der Waals surface area (Å²) in [7, 11) is 0. The number of nitrogens with zero attached hydrogens (tertiary/aromatic N) is 1. The molecule has 1 aromatic heterocycles. The van der Waals surface area contributed by atoms with Crippen molar-refractivity contribution in [3.8, 4) is 11.3 Å². The van der Waals surface area contributed by atoms with Gasteiger partial charge in [-0.15, -0.1) is 0 Å². The molecular formula is C16H12BrClN2O. The Kier molecular flexibility index (Phi) is 4.27. The SMILES string of the molecule is Clc1cc(Br)ccc1CNc1ccc(-c2cnco2)cc1. The summed E-state index contributed by atoms with van der Waals surface area (Å²) in [5.74, 6) is 0.762. The quantitative estimate of drug-likeness (QED) is 0.677. The molecule has 0 atom stereocenters. The van der Waals surface area contributed by atoms with Crippen LogP contribution in [-0.4, -0.2) is 4.98 Å². The van der Waals surface area contributed by atoms with Gasteiger partial charge in [0.1, 0.15) is 0 Å². The summed E-state index contributed by atoms with van der Waals surface area (Å²) < 4.78 is 6.24. The number of hydrogen-bond donors (Lipinski definition) is 1. The third-order valence-corrected chi connectivity index (χ3v) is 3.94. The highest BCUT2D eigenvalue weighted by Crippen LogP contribution is 2.24. The third kappa shape index (κ3) is 3.46. The Morgan fingerprint density at radius 2 is 1.95 bits per heavy atom. The first kappa shape index (κ1) is 14.2. The van der Waals surface area contributed by atoms with Crippen molar-refractivity contribution in [1.82, 2.24) is 4.98 Å². The first-order valence-electron chi connectivity index (χ1n) is 6.39. The van der Waals surface area contributed by atoms with Crippen LogP contribution in [0.25, 0.3) is 11.3 Å². The molecule has 0 fully saturated rings. The van der Waals surface area contributed by atoms with E-state index in [1.165, 1.54) is 6.39 Å². The second-order valence-corrected chi connectivity index (χ2v) is 5.86. The van der Waals surface area contributed by atoms with Crippen molar-refractivity contribution < 1.29 is 4.42 Å². The maximum absolute atomic E-state index is 6.20. The van der Waals surface area contributed by atoms with Crippen LogP contribution < -0.4 is 5.32 Å². The van der Waals surface area contributed by atoms with Crippen molar-refractivity contribution in [1.29, 1.82) is 0 Å². The molecule has 21 heavy (non-hydrogen) atoms. The zero-order valence-corrected chi connectivity index (χ0v) is 13.4. The second kappa shape index (κ2) is 6.33. The van der Waals surface area contributed by atoms with Crippen molar-refractivity contribution in [2.45, 2.75) is 6.54 Å². The fraction of sp³-hybridized carbons (Fsp3) is 0.0625. The van der Waals surface area contributed by atoms with Crippen LogP contribution in [0.15, 0.2) is 63.9 Å². The lowest BCUT2D eigenvalue weighted by atomic mass is 10.1. The highest BCUT2D eigenvalue weighted by molar-refractivity contribution is 9.10. The van der Waals surface area contributed by atoms with Crippen molar-refractivity contribution in [3.63, 3.8) is 0 Å². The van der Waals surface area contributed by atoms with E-state index in [9.17, 15) is 0 Å². The van der Waals surface area contributed by atoms with E-state index < -0.39 is 0 Å². The molecule has 0 aliphatic rings. The zero-order valence-electron chi connectivity index (χ0n) is 11.0. The predicted octanol–water partition coefficient (Wildman–Crippen LogP) is 5.37. The largest absolute Gasteiger partial charge is 0.444 e. The molecule has 0 radical (unpaired) electrons. The molecule has 3 aromatic rings. The molecule has 1 heterocycles. The average molecular weight is 364 g/mol. The maximum atomic E-state index is 6.20. The lowest BCUT2D eigenvalue weighted by molar-refractivity contribution is 0.572. The number of anilines is 1. The molecule has 2 aromatic carbocycles. The third-order valence-electron chi connectivity index (χ3n) is 3.10. The smallest absolute Gasteiger partial charge is 0.181 e. The number of halogens is 2. The van der Waals surface area contributed by atoms with Gasteiger partial charge in [-0.3, -0.25) is 0 Å². The van der Waals surface area contributed by atoms with E-state index >= 15 is 0 Å². The molecule has 0 saturated heterocycles. The molecule has 0 amide bonds. The van der Waals surface area contributed by atoms with Gasteiger partial charge >= 0.3 is 0 Å². The molecule has 0 aliphatic carbocycles. The van der Waals surface area contributed by atoms with Crippen LogP contribution >= 0.6 is 27.5 Å². The van der Waals surface area contributed by atoms with Crippen molar-refractivity contribution in [3.05, 3.63) is 70.1 Å². The Hall–Kier alpha value is -1.78. The number of oxazole rings is 1. The first-order valence-corrected chi connectivity index (χ1v) is 7.56. The summed E-state index contributed by atoms with van der Waals surface area (Å²) in [6.45, 7) is 0.674. The minimum atomic E-state index is 0.674. The summed E-state index contributed by atoms with van der Waals surface area (Å²) in [5, 5.41) is 4.09. The van der Waals surface area contributed by atoms with Gasteiger partial charge in [0.2, 0.25) is 0 Å². The van der Waals surface area contributed by atoms with E-state index in [1.54, 1.807) is 6.20 Å². The molecule has 0 saturated carbocycles. The van der Waals surface area contributed by atoms with Crippen molar-refractivity contribution in [2.24, 2.45) is 0 Å². The van der Waals surface area contributed by atoms with Crippen LogP contribution in [0.2, 0.25) is 5.02 Å².